The Morgan fingerprint density at radius 2 is 1.81 bits per heavy atom. The minimum absolute atomic E-state index is 0.104. The third kappa shape index (κ3) is 5.05. The fourth-order valence-corrected chi connectivity index (χ4v) is 4.63. The average Bonchev–Trinajstić information content (AvgIpc) is 2.67. The molecule has 1 aliphatic heterocycles. The van der Waals surface area contributed by atoms with Crippen molar-refractivity contribution in [2.75, 3.05) is 33.3 Å². The van der Waals surface area contributed by atoms with Gasteiger partial charge in [0.05, 0.1) is 11.0 Å². The van der Waals surface area contributed by atoms with E-state index in [9.17, 15) is 13.2 Å². The average molecular weight is 383 g/mol. The predicted octanol–water partition coefficient (Wildman–Crippen LogP) is 2.75. The van der Waals surface area contributed by atoms with E-state index in [1.54, 1.807) is 24.1 Å². The van der Waals surface area contributed by atoms with Gasteiger partial charge in [0.15, 0.2) is 0 Å². The van der Waals surface area contributed by atoms with Gasteiger partial charge in [-0.15, -0.1) is 0 Å². The first-order valence-corrected chi connectivity index (χ1v) is 10.8. The summed E-state index contributed by atoms with van der Waals surface area (Å²) < 4.78 is 32.1. The maximum Gasteiger partial charge on any atom is 0.253 e. The van der Waals surface area contributed by atoms with E-state index >= 15 is 0 Å². The monoisotopic (exact) mass is 382 g/mol. The van der Waals surface area contributed by atoms with Gasteiger partial charge in [0.1, 0.15) is 0 Å². The Balaban J connectivity index is 1.99. The molecule has 0 saturated carbocycles. The molecule has 146 valence electrons. The summed E-state index contributed by atoms with van der Waals surface area (Å²) in [6.45, 7) is 5.90. The lowest BCUT2D eigenvalue weighted by molar-refractivity contribution is 0.00709. The molecular formula is C19H30N2O4S. The highest BCUT2D eigenvalue weighted by Gasteiger charge is 2.22. The number of rotatable bonds is 8. The maximum absolute atomic E-state index is 12.5. The fraction of sp³-hybridized carbons (Fsp3) is 0.632. The highest BCUT2D eigenvalue weighted by Crippen LogP contribution is 2.18. The van der Waals surface area contributed by atoms with E-state index in [1.165, 1.54) is 22.9 Å². The standard InChI is InChI=1S/C19H30N2O4S/c1-4-21(5-2)26(23,24)18-11-9-16(10-12-18)19(22)20(3)14-13-17-8-6-7-15-25-17/h9-12,17H,4-8,13-15H2,1-3H3. The van der Waals surface area contributed by atoms with Gasteiger partial charge in [-0.1, -0.05) is 13.8 Å². The van der Waals surface area contributed by atoms with Gasteiger partial charge in [-0.3, -0.25) is 4.79 Å². The number of nitrogens with zero attached hydrogens (tertiary/aromatic N) is 2. The second kappa shape index (κ2) is 9.48. The van der Waals surface area contributed by atoms with Crippen molar-refractivity contribution in [2.45, 2.75) is 50.5 Å². The quantitative estimate of drug-likeness (QED) is 0.693. The van der Waals surface area contributed by atoms with E-state index in [0.717, 1.165) is 25.9 Å². The molecule has 6 nitrogen and oxygen atoms in total. The molecule has 0 N–H and O–H groups in total. The van der Waals surface area contributed by atoms with Gasteiger partial charge in [0.2, 0.25) is 10.0 Å². The van der Waals surface area contributed by atoms with Gasteiger partial charge < -0.3 is 9.64 Å². The Hall–Kier alpha value is -1.44. The molecule has 7 heteroatoms. The molecule has 1 unspecified atom stereocenters. The van der Waals surface area contributed by atoms with Crippen LogP contribution in [-0.2, 0) is 14.8 Å². The van der Waals surface area contributed by atoms with Crippen LogP contribution >= 0.6 is 0 Å². The van der Waals surface area contributed by atoms with Crippen LogP contribution in [0.2, 0.25) is 0 Å². The van der Waals surface area contributed by atoms with Crippen LogP contribution in [-0.4, -0.2) is 62.9 Å². The number of benzene rings is 1. The molecule has 0 aliphatic carbocycles. The molecule has 1 aromatic rings. The zero-order valence-corrected chi connectivity index (χ0v) is 16.8. The first-order chi connectivity index (χ1) is 12.4. The highest BCUT2D eigenvalue weighted by molar-refractivity contribution is 7.89. The van der Waals surface area contributed by atoms with Crippen molar-refractivity contribution in [1.29, 1.82) is 0 Å². The molecule has 1 aliphatic rings. The largest absolute Gasteiger partial charge is 0.378 e. The summed E-state index contributed by atoms with van der Waals surface area (Å²) in [6.07, 6.45) is 4.43. The number of ether oxygens (including phenoxy) is 1. The van der Waals surface area contributed by atoms with Crippen LogP contribution in [0.3, 0.4) is 0 Å². The summed E-state index contributed by atoms with van der Waals surface area (Å²) in [6, 6.07) is 6.20. The number of carbonyl (C=O) groups excluding carboxylic acids is 1. The minimum Gasteiger partial charge on any atom is -0.378 e. The number of hydrogen-bond acceptors (Lipinski definition) is 4. The van der Waals surface area contributed by atoms with Gasteiger partial charge in [0.25, 0.3) is 5.91 Å². The summed E-state index contributed by atoms with van der Waals surface area (Å²) in [5.41, 5.74) is 0.496. The van der Waals surface area contributed by atoms with E-state index in [-0.39, 0.29) is 16.9 Å². The van der Waals surface area contributed by atoms with Crippen LogP contribution in [0.25, 0.3) is 0 Å². The Kier molecular flexibility index (Phi) is 7.61. The third-order valence-electron chi connectivity index (χ3n) is 4.85. The first-order valence-electron chi connectivity index (χ1n) is 9.37. The molecule has 1 saturated heterocycles. The minimum atomic E-state index is -3.50. The molecule has 1 amide bonds. The van der Waals surface area contributed by atoms with Crippen molar-refractivity contribution in [3.05, 3.63) is 29.8 Å². The summed E-state index contributed by atoms with van der Waals surface area (Å²) in [5.74, 6) is -0.104. The number of carbonyl (C=O) groups is 1. The van der Waals surface area contributed by atoms with Crippen molar-refractivity contribution in [1.82, 2.24) is 9.21 Å². The van der Waals surface area contributed by atoms with Crippen molar-refractivity contribution < 1.29 is 17.9 Å². The lowest BCUT2D eigenvalue weighted by atomic mass is 10.1. The Labute approximate surface area is 157 Å². The van der Waals surface area contributed by atoms with E-state index in [0.29, 0.717) is 25.2 Å². The van der Waals surface area contributed by atoms with E-state index in [1.807, 2.05) is 13.8 Å². The fourth-order valence-electron chi connectivity index (χ4n) is 3.18. The first kappa shape index (κ1) is 20.9. The van der Waals surface area contributed by atoms with E-state index < -0.39 is 10.0 Å². The van der Waals surface area contributed by atoms with Crippen LogP contribution in [0, 0.1) is 0 Å². The highest BCUT2D eigenvalue weighted by atomic mass is 32.2. The van der Waals surface area contributed by atoms with Crippen LogP contribution in [0.1, 0.15) is 49.9 Å². The van der Waals surface area contributed by atoms with E-state index in [2.05, 4.69) is 0 Å². The van der Waals surface area contributed by atoms with Crippen molar-refractivity contribution in [3.8, 4) is 0 Å². The Morgan fingerprint density at radius 3 is 2.35 bits per heavy atom. The van der Waals surface area contributed by atoms with Crippen LogP contribution in [0.15, 0.2) is 29.2 Å². The zero-order chi connectivity index (χ0) is 19.2. The molecule has 0 aromatic heterocycles. The van der Waals surface area contributed by atoms with Gasteiger partial charge in [-0.25, -0.2) is 8.42 Å². The van der Waals surface area contributed by atoms with Crippen LogP contribution < -0.4 is 0 Å². The topological polar surface area (TPSA) is 66.9 Å². The number of hydrogen-bond donors (Lipinski definition) is 0. The molecule has 2 rings (SSSR count). The number of sulfonamides is 1. The van der Waals surface area contributed by atoms with Crippen molar-refractivity contribution in [2.24, 2.45) is 0 Å². The van der Waals surface area contributed by atoms with E-state index in [4.69, 9.17) is 4.74 Å². The van der Waals surface area contributed by atoms with Gasteiger partial charge in [-0.2, -0.15) is 4.31 Å². The maximum atomic E-state index is 12.5. The predicted molar refractivity (Wildman–Crippen MR) is 102 cm³/mol. The second-order valence-electron chi connectivity index (χ2n) is 6.62. The summed E-state index contributed by atoms with van der Waals surface area (Å²) >= 11 is 0. The van der Waals surface area contributed by atoms with Crippen molar-refractivity contribution >= 4 is 15.9 Å². The van der Waals surface area contributed by atoms with Gasteiger partial charge >= 0.3 is 0 Å². The molecule has 1 aromatic carbocycles. The molecule has 1 fully saturated rings. The molecule has 0 radical (unpaired) electrons. The number of amides is 1. The molecule has 1 heterocycles. The summed E-state index contributed by atoms with van der Waals surface area (Å²) in [4.78, 5) is 14.4. The molecule has 0 spiro atoms. The van der Waals surface area contributed by atoms with Crippen LogP contribution in [0.5, 0.6) is 0 Å². The Bertz CT molecular complexity index is 678. The SMILES string of the molecule is CCN(CC)S(=O)(=O)c1ccc(C(=O)N(C)CCC2CCCCO2)cc1. The zero-order valence-electron chi connectivity index (χ0n) is 16.0. The molecule has 1 atom stereocenters. The molecular weight excluding hydrogens is 352 g/mol. The third-order valence-corrected chi connectivity index (χ3v) is 6.92. The van der Waals surface area contributed by atoms with Gasteiger partial charge in [0, 0.05) is 38.9 Å². The van der Waals surface area contributed by atoms with Crippen molar-refractivity contribution in [3.63, 3.8) is 0 Å². The smallest absolute Gasteiger partial charge is 0.253 e. The Morgan fingerprint density at radius 1 is 1.15 bits per heavy atom. The molecule has 26 heavy (non-hydrogen) atoms. The normalized spacial score (nSPS) is 18.1. The summed E-state index contributed by atoms with van der Waals surface area (Å²) in [5, 5.41) is 0. The van der Waals surface area contributed by atoms with Gasteiger partial charge in [-0.05, 0) is 49.9 Å². The lowest BCUT2D eigenvalue weighted by Gasteiger charge is -2.25. The van der Waals surface area contributed by atoms with Crippen LogP contribution in [0.4, 0.5) is 0 Å². The second-order valence-corrected chi connectivity index (χ2v) is 8.56. The summed E-state index contributed by atoms with van der Waals surface area (Å²) in [7, 11) is -1.73. The molecule has 0 bridgehead atoms. The lowest BCUT2D eigenvalue weighted by Crippen LogP contribution is -2.32.